The van der Waals surface area contributed by atoms with Gasteiger partial charge in [0.05, 0.1) is 4.90 Å². The molecule has 0 saturated carbocycles. The lowest BCUT2D eigenvalue weighted by Gasteiger charge is -2.34. The highest BCUT2D eigenvalue weighted by Gasteiger charge is 2.29. The average molecular weight is 452 g/mol. The van der Waals surface area contributed by atoms with Gasteiger partial charge in [-0.3, -0.25) is 0 Å². The van der Waals surface area contributed by atoms with Crippen molar-refractivity contribution < 1.29 is 8.42 Å². The molecule has 1 aromatic heterocycles. The number of hydrogen-bond acceptors (Lipinski definition) is 6. The summed E-state index contributed by atoms with van der Waals surface area (Å²) in [6.45, 7) is 4.13. The van der Waals surface area contributed by atoms with E-state index < -0.39 is 10.0 Å². The molecule has 2 fully saturated rings. The zero-order valence-corrected chi connectivity index (χ0v) is 17.4. The number of piperazine rings is 1. The fourth-order valence-corrected chi connectivity index (χ4v) is 5.18. The summed E-state index contributed by atoms with van der Waals surface area (Å²) in [6.07, 6.45) is 4.15. The van der Waals surface area contributed by atoms with E-state index in [1.807, 2.05) is 6.07 Å². The molecule has 7 nitrogen and oxygen atoms in total. The molecule has 0 bridgehead atoms. The Hall–Kier alpha value is -1.71. The first-order valence-corrected chi connectivity index (χ1v) is 11.4. The number of rotatable bonds is 4. The summed E-state index contributed by atoms with van der Waals surface area (Å²) in [4.78, 5) is 13.8. The van der Waals surface area contributed by atoms with Crippen LogP contribution in [0.15, 0.2) is 45.9 Å². The van der Waals surface area contributed by atoms with Crippen molar-refractivity contribution in [2.45, 2.75) is 17.7 Å². The quantitative estimate of drug-likeness (QED) is 0.710. The number of sulfonamides is 1. The summed E-state index contributed by atoms with van der Waals surface area (Å²) in [5.41, 5.74) is 0. The highest BCUT2D eigenvalue weighted by atomic mass is 79.9. The third-order valence-corrected chi connectivity index (χ3v) is 7.47. The van der Waals surface area contributed by atoms with Gasteiger partial charge in [0.25, 0.3) is 0 Å². The fourth-order valence-electron chi connectivity index (χ4n) is 3.50. The molecule has 144 valence electrons. The van der Waals surface area contributed by atoms with E-state index in [-0.39, 0.29) is 0 Å². The van der Waals surface area contributed by atoms with Crippen molar-refractivity contribution in [1.82, 2.24) is 14.3 Å². The SMILES string of the molecule is O=S(=O)(c1ccc(Br)cc1)N1CCN(c2ccnc(N3CCCC3)n2)CC1. The first-order valence-electron chi connectivity index (χ1n) is 9.13. The van der Waals surface area contributed by atoms with Gasteiger partial charge in [-0.15, -0.1) is 0 Å². The van der Waals surface area contributed by atoms with Crippen molar-refractivity contribution in [1.29, 1.82) is 0 Å². The van der Waals surface area contributed by atoms with Gasteiger partial charge in [-0.25, -0.2) is 13.4 Å². The monoisotopic (exact) mass is 451 g/mol. The Kier molecular flexibility index (Phi) is 5.34. The van der Waals surface area contributed by atoms with Crippen molar-refractivity contribution in [3.63, 3.8) is 0 Å². The summed E-state index contributed by atoms with van der Waals surface area (Å²) in [5, 5.41) is 0. The maximum atomic E-state index is 12.8. The molecule has 0 N–H and O–H groups in total. The van der Waals surface area contributed by atoms with E-state index in [4.69, 9.17) is 4.98 Å². The molecule has 0 radical (unpaired) electrons. The van der Waals surface area contributed by atoms with Gasteiger partial charge in [-0.2, -0.15) is 9.29 Å². The van der Waals surface area contributed by atoms with Crippen LogP contribution in [-0.2, 0) is 10.0 Å². The normalized spacial score (nSPS) is 18.9. The van der Waals surface area contributed by atoms with Crippen LogP contribution in [0.1, 0.15) is 12.8 Å². The van der Waals surface area contributed by atoms with Crippen molar-refractivity contribution in [3.05, 3.63) is 41.0 Å². The third-order valence-electron chi connectivity index (χ3n) is 5.03. The van der Waals surface area contributed by atoms with E-state index in [9.17, 15) is 8.42 Å². The highest BCUT2D eigenvalue weighted by molar-refractivity contribution is 9.10. The second-order valence-electron chi connectivity index (χ2n) is 6.75. The predicted octanol–water partition coefficient (Wildman–Crippen LogP) is 2.35. The van der Waals surface area contributed by atoms with Crippen molar-refractivity contribution >= 4 is 37.7 Å². The number of aromatic nitrogens is 2. The minimum atomic E-state index is -3.46. The highest BCUT2D eigenvalue weighted by Crippen LogP contribution is 2.23. The Balaban J connectivity index is 1.44. The van der Waals surface area contributed by atoms with Crippen LogP contribution in [-0.4, -0.2) is 62.0 Å². The van der Waals surface area contributed by atoms with E-state index >= 15 is 0 Å². The molecule has 0 spiro atoms. The lowest BCUT2D eigenvalue weighted by atomic mass is 10.3. The summed E-state index contributed by atoms with van der Waals surface area (Å²) < 4.78 is 28.1. The van der Waals surface area contributed by atoms with Gasteiger partial charge in [0.1, 0.15) is 5.82 Å². The molecule has 0 aliphatic carbocycles. The molecule has 2 saturated heterocycles. The van der Waals surface area contributed by atoms with Gasteiger partial charge in [-0.05, 0) is 43.2 Å². The van der Waals surface area contributed by atoms with Gasteiger partial charge < -0.3 is 9.80 Å². The molecule has 0 unspecified atom stereocenters. The lowest BCUT2D eigenvalue weighted by Crippen LogP contribution is -2.49. The molecular formula is C18H22BrN5O2S. The zero-order chi connectivity index (χ0) is 18.9. The minimum Gasteiger partial charge on any atom is -0.354 e. The molecule has 2 aliphatic heterocycles. The zero-order valence-electron chi connectivity index (χ0n) is 15.0. The second kappa shape index (κ2) is 7.73. The minimum absolute atomic E-state index is 0.331. The van der Waals surface area contributed by atoms with E-state index in [0.29, 0.717) is 31.1 Å². The second-order valence-corrected chi connectivity index (χ2v) is 9.61. The fraction of sp³-hybridized carbons (Fsp3) is 0.444. The number of nitrogens with zero attached hydrogens (tertiary/aromatic N) is 5. The summed E-state index contributed by atoms with van der Waals surface area (Å²) in [7, 11) is -3.46. The lowest BCUT2D eigenvalue weighted by molar-refractivity contribution is 0.384. The summed E-state index contributed by atoms with van der Waals surface area (Å²) in [6, 6.07) is 8.68. The van der Waals surface area contributed by atoms with Crippen LogP contribution < -0.4 is 9.80 Å². The van der Waals surface area contributed by atoms with E-state index in [1.165, 1.54) is 12.8 Å². The molecule has 27 heavy (non-hydrogen) atoms. The number of anilines is 2. The molecular weight excluding hydrogens is 430 g/mol. The number of benzene rings is 1. The van der Waals surface area contributed by atoms with Gasteiger partial charge in [0.2, 0.25) is 16.0 Å². The third kappa shape index (κ3) is 3.95. The van der Waals surface area contributed by atoms with Crippen LogP contribution >= 0.6 is 15.9 Å². The van der Waals surface area contributed by atoms with Crippen LogP contribution in [0, 0.1) is 0 Å². The Morgan fingerprint density at radius 3 is 2.19 bits per heavy atom. The molecule has 0 atom stereocenters. The molecule has 9 heteroatoms. The van der Waals surface area contributed by atoms with Crippen molar-refractivity contribution in [2.24, 2.45) is 0 Å². The molecule has 2 aromatic rings. The Morgan fingerprint density at radius 2 is 1.52 bits per heavy atom. The average Bonchev–Trinajstić information content (AvgIpc) is 3.23. The van der Waals surface area contributed by atoms with Gasteiger partial charge >= 0.3 is 0 Å². The maximum Gasteiger partial charge on any atom is 0.243 e. The van der Waals surface area contributed by atoms with E-state index in [2.05, 4.69) is 30.7 Å². The molecule has 3 heterocycles. The Bertz CT molecular complexity index is 892. The maximum absolute atomic E-state index is 12.8. The van der Waals surface area contributed by atoms with Gasteiger partial charge in [0.15, 0.2) is 0 Å². The smallest absolute Gasteiger partial charge is 0.243 e. The number of hydrogen-bond donors (Lipinski definition) is 0. The van der Waals surface area contributed by atoms with Crippen LogP contribution in [0.3, 0.4) is 0 Å². The van der Waals surface area contributed by atoms with E-state index in [1.54, 1.807) is 34.8 Å². The summed E-state index contributed by atoms with van der Waals surface area (Å²) in [5.74, 6) is 1.64. The van der Waals surface area contributed by atoms with E-state index in [0.717, 1.165) is 29.3 Å². The van der Waals surface area contributed by atoms with Crippen LogP contribution in [0.2, 0.25) is 0 Å². The molecule has 1 aromatic carbocycles. The first kappa shape index (κ1) is 18.6. The molecule has 4 rings (SSSR count). The van der Waals surface area contributed by atoms with Crippen molar-refractivity contribution in [3.8, 4) is 0 Å². The van der Waals surface area contributed by atoms with Crippen LogP contribution in [0.4, 0.5) is 11.8 Å². The van der Waals surface area contributed by atoms with Gasteiger partial charge in [-0.1, -0.05) is 15.9 Å². The van der Waals surface area contributed by atoms with Crippen molar-refractivity contribution in [2.75, 3.05) is 49.1 Å². The first-order chi connectivity index (χ1) is 13.0. The molecule has 2 aliphatic rings. The van der Waals surface area contributed by atoms with Gasteiger partial charge in [0, 0.05) is 49.9 Å². The standard InChI is InChI=1S/C18H22BrN5O2S/c19-15-3-5-16(6-4-15)27(25,26)24-13-11-22(12-14-24)17-7-8-20-18(21-17)23-9-1-2-10-23/h3-8H,1-2,9-14H2. The topological polar surface area (TPSA) is 69.6 Å². The van der Waals surface area contributed by atoms with Crippen LogP contribution in [0.5, 0.6) is 0 Å². The number of halogens is 1. The Labute approximate surface area is 168 Å². The molecule has 0 amide bonds. The Morgan fingerprint density at radius 1 is 0.852 bits per heavy atom. The largest absolute Gasteiger partial charge is 0.354 e. The predicted molar refractivity (Wildman–Crippen MR) is 109 cm³/mol. The van der Waals surface area contributed by atoms with Crippen LogP contribution in [0.25, 0.3) is 0 Å². The summed E-state index contributed by atoms with van der Waals surface area (Å²) >= 11 is 3.34.